The zero-order valence-corrected chi connectivity index (χ0v) is 16.6. The average molecular weight is 389 g/mol. The Hall–Kier alpha value is -3.74. The number of benzene rings is 2. The molecule has 1 aromatic heterocycles. The van der Waals surface area contributed by atoms with Crippen LogP contribution in [0, 0.1) is 13.8 Å². The van der Waals surface area contributed by atoms with Crippen molar-refractivity contribution in [3.05, 3.63) is 77.2 Å². The van der Waals surface area contributed by atoms with E-state index in [1.165, 1.54) is 12.5 Å². The van der Waals surface area contributed by atoms with Crippen LogP contribution in [-0.4, -0.2) is 21.8 Å². The Balaban J connectivity index is 1.67. The summed E-state index contributed by atoms with van der Waals surface area (Å²) in [7, 11) is 0. The van der Waals surface area contributed by atoms with E-state index < -0.39 is 0 Å². The van der Waals surface area contributed by atoms with Crippen molar-refractivity contribution in [2.45, 2.75) is 27.3 Å². The third kappa shape index (κ3) is 5.87. The van der Waals surface area contributed by atoms with Crippen LogP contribution in [-0.2, 0) is 11.3 Å². The lowest BCUT2D eigenvalue weighted by Crippen LogP contribution is -2.16. The second-order valence-electron chi connectivity index (χ2n) is 6.74. The number of aromatic nitrogens is 2. The molecule has 148 valence electrons. The van der Waals surface area contributed by atoms with Crippen LogP contribution in [0.2, 0.25) is 0 Å². The van der Waals surface area contributed by atoms with E-state index in [1.807, 2.05) is 6.92 Å². The number of aryl methyl sites for hydroxylation is 2. The van der Waals surface area contributed by atoms with Gasteiger partial charge >= 0.3 is 0 Å². The van der Waals surface area contributed by atoms with Crippen molar-refractivity contribution in [1.82, 2.24) is 9.97 Å². The summed E-state index contributed by atoms with van der Waals surface area (Å²) in [6.45, 7) is 5.83. The first kappa shape index (κ1) is 20.0. The van der Waals surface area contributed by atoms with Gasteiger partial charge < -0.3 is 16.0 Å². The predicted molar refractivity (Wildman–Crippen MR) is 114 cm³/mol. The second kappa shape index (κ2) is 8.97. The van der Waals surface area contributed by atoms with Gasteiger partial charge in [0.25, 0.3) is 5.91 Å². The van der Waals surface area contributed by atoms with Gasteiger partial charge in [-0.3, -0.25) is 9.59 Å². The molecule has 0 bridgehead atoms. The van der Waals surface area contributed by atoms with Gasteiger partial charge in [0.1, 0.15) is 17.3 Å². The summed E-state index contributed by atoms with van der Waals surface area (Å²) >= 11 is 0. The lowest BCUT2D eigenvalue weighted by Gasteiger charge is -2.10. The number of hydrogen-bond donors (Lipinski definition) is 3. The standard InChI is InChI=1S/C22H23N5O2/c1-14-4-6-17(7-5-14)13-23-21-12-20(24-15(2)25-21)22(29)27-19-10-8-18(9-11-19)26-16(3)28/h4-12H,13H2,1-3H3,(H,26,28)(H,27,29)(H,23,24,25). The normalized spacial score (nSPS) is 10.3. The van der Waals surface area contributed by atoms with E-state index in [9.17, 15) is 9.59 Å². The van der Waals surface area contributed by atoms with Crippen molar-refractivity contribution in [3.63, 3.8) is 0 Å². The monoisotopic (exact) mass is 389 g/mol. The minimum atomic E-state index is -0.332. The number of rotatable bonds is 6. The third-order valence-corrected chi connectivity index (χ3v) is 4.13. The Morgan fingerprint density at radius 3 is 2.10 bits per heavy atom. The summed E-state index contributed by atoms with van der Waals surface area (Å²) in [6.07, 6.45) is 0. The molecule has 0 saturated carbocycles. The Morgan fingerprint density at radius 2 is 1.48 bits per heavy atom. The van der Waals surface area contributed by atoms with Gasteiger partial charge in [0.05, 0.1) is 0 Å². The number of nitrogens with one attached hydrogen (secondary N) is 3. The molecule has 3 aromatic rings. The van der Waals surface area contributed by atoms with Gasteiger partial charge in [-0.2, -0.15) is 0 Å². The van der Waals surface area contributed by atoms with Crippen LogP contribution in [0.15, 0.2) is 54.6 Å². The molecule has 2 aromatic carbocycles. The van der Waals surface area contributed by atoms with Crippen molar-refractivity contribution in [1.29, 1.82) is 0 Å². The summed E-state index contributed by atoms with van der Waals surface area (Å²) in [5.41, 5.74) is 3.87. The van der Waals surface area contributed by atoms with E-state index in [4.69, 9.17) is 0 Å². The highest BCUT2D eigenvalue weighted by Gasteiger charge is 2.11. The Bertz CT molecular complexity index is 1010. The maximum absolute atomic E-state index is 12.6. The molecule has 0 saturated heterocycles. The first-order valence-electron chi connectivity index (χ1n) is 9.23. The van der Waals surface area contributed by atoms with Gasteiger partial charge in [0.15, 0.2) is 0 Å². The molecule has 3 rings (SSSR count). The lowest BCUT2D eigenvalue weighted by atomic mass is 10.1. The molecular formula is C22H23N5O2. The van der Waals surface area contributed by atoms with Crippen LogP contribution in [0.4, 0.5) is 17.2 Å². The maximum atomic E-state index is 12.6. The molecule has 0 aliphatic rings. The van der Waals surface area contributed by atoms with Gasteiger partial charge in [0, 0.05) is 30.9 Å². The molecule has 0 spiro atoms. The first-order chi connectivity index (χ1) is 13.9. The van der Waals surface area contributed by atoms with Crippen LogP contribution >= 0.6 is 0 Å². The second-order valence-corrected chi connectivity index (χ2v) is 6.74. The molecule has 7 nitrogen and oxygen atoms in total. The fraction of sp³-hybridized carbons (Fsp3) is 0.182. The van der Waals surface area contributed by atoms with E-state index >= 15 is 0 Å². The minimum Gasteiger partial charge on any atom is -0.366 e. The highest BCUT2D eigenvalue weighted by Crippen LogP contribution is 2.16. The van der Waals surface area contributed by atoms with Crippen molar-refractivity contribution in [3.8, 4) is 0 Å². The van der Waals surface area contributed by atoms with Gasteiger partial charge in [0.2, 0.25) is 5.91 Å². The third-order valence-electron chi connectivity index (χ3n) is 4.13. The molecule has 3 N–H and O–H groups in total. The number of carbonyl (C=O) groups is 2. The summed E-state index contributed by atoms with van der Waals surface area (Å²) in [4.78, 5) is 32.3. The van der Waals surface area contributed by atoms with Gasteiger partial charge in [-0.25, -0.2) is 9.97 Å². The van der Waals surface area contributed by atoms with E-state index in [-0.39, 0.29) is 17.5 Å². The minimum absolute atomic E-state index is 0.149. The summed E-state index contributed by atoms with van der Waals surface area (Å²) in [5.74, 6) is 0.611. The highest BCUT2D eigenvalue weighted by atomic mass is 16.2. The molecule has 0 fully saturated rings. The van der Waals surface area contributed by atoms with Crippen molar-refractivity contribution in [2.24, 2.45) is 0 Å². The maximum Gasteiger partial charge on any atom is 0.274 e. The first-order valence-corrected chi connectivity index (χ1v) is 9.23. The summed E-state index contributed by atoms with van der Waals surface area (Å²) < 4.78 is 0. The smallest absolute Gasteiger partial charge is 0.274 e. The Morgan fingerprint density at radius 1 is 0.862 bits per heavy atom. The molecule has 2 amide bonds. The quantitative estimate of drug-likeness (QED) is 0.594. The zero-order valence-electron chi connectivity index (χ0n) is 16.6. The predicted octanol–water partition coefficient (Wildman–Crippen LogP) is 3.92. The highest BCUT2D eigenvalue weighted by molar-refractivity contribution is 6.03. The lowest BCUT2D eigenvalue weighted by molar-refractivity contribution is -0.114. The average Bonchev–Trinajstić information content (AvgIpc) is 2.68. The molecule has 0 aliphatic carbocycles. The topological polar surface area (TPSA) is 96.0 Å². The van der Waals surface area contributed by atoms with E-state index in [0.717, 1.165) is 5.56 Å². The van der Waals surface area contributed by atoms with E-state index in [1.54, 1.807) is 37.3 Å². The van der Waals surface area contributed by atoms with E-state index in [2.05, 4.69) is 50.2 Å². The molecule has 7 heteroatoms. The van der Waals surface area contributed by atoms with Gasteiger partial charge in [-0.1, -0.05) is 29.8 Å². The van der Waals surface area contributed by atoms with Crippen LogP contribution in [0.5, 0.6) is 0 Å². The van der Waals surface area contributed by atoms with Crippen LogP contribution < -0.4 is 16.0 Å². The Labute approximate surface area is 169 Å². The molecule has 0 radical (unpaired) electrons. The SMILES string of the molecule is CC(=O)Nc1ccc(NC(=O)c2cc(NCc3ccc(C)cc3)nc(C)n2)cc1. The number of amides is 2. The fourth-order valence-electron chi connectivity index (χ4n) is 2.71. The van der Waals surface area contributed by atoms with Crippen LogP contribution in [0.3, 0.4) is 0 Å². The summed E-state index contributed by atoms with van der Waals surface area (Å²) in [6, 6.07) is 16.7. The number of carbonyl (C=O) groups excluding carboxylic acids is 2. The van der Waals surface area contributed by atoms with Crippen molar-refractivity contribution >= 4 is 29.0 Å². The molecule has 0 atom stereocenters. The number of nitrogens with zero attached hydrogens (tertiary/aromatic N) is 2. The van der Waals surface area contributed by atoms with Crippen LogP contribution in [0.25, 0.3) is 0 Å². The molecule has 0 aliphatic heterocycles. The van der Waals surface area contributed by atoms with Gasteiger partial charge in [-0.15, -0.1) is 0 Å². The molecule has 0 unspecified atom stereocenters. The summed E-state index contributed by atoms with van der Waals surface area (Å²) in [5, 5.41) is 8.72. The van der Waals surface area contributed by atoms with E-state index in [0.29, 0.717) is 29.6 Å². The molecule has 1 heterocycles. The van der Waals surface area contributed by atoms with Crippen molar-refractivity contribution in [2.75, 3.05) is 16.0 Å². The van der Waals surface area contributed by atoms with Gasteiger partial charge in [-0.05, 0) is 43.7 Å². The molecule has 29 heavy (non-hydrogen) atoms. The Kier molecular flexibility index (Phi) is 6.19. The fourth-order valence-corrected chi connectivity index (χ4v) is 2.71. The number of hydrogen-bond acceptors (Lipinski definition) is 5. The van der Waals surface area contributed by atoms with Crippen molar-refractivity contribution < 1.29 is 9.59 Å². The zero-order chi connectivity index (χ0) is 20.8. The molecular weight excluding hydrogens is 366 g/mol. The number of anilines is 3. The largest absolute Gasteiger partial charge is 0.366 e. The van der Waals surface area contributed by atoms with Crippen LogP contribution in [0.1, 0.15) is 34.4 Å².